The molecule has 0 aliphatic heterocycles. The van der Waals surface area contributed by atoms with Crippen LogP contribution in [0.4, 0.5) is 11.4 Å². The molecule has 0 amide bonds. The molecular formula is C15H15N3S. The topological polar surface area (TPSA) is 50.9 Å². The number of nitrogens with one attached hydrogen (secondary N) is 1. The summed E-state index contributed by atoms with van der Waals surface area (Å²) in [5.74, 6) is 0. The van der Waals surface area contributed by atoms with E-state index in [1.165, 1.54) is 4.88 Å². The number of nitrogens with zero attached hydrogens (tertiary/aromatic N) is 1. The Morgan fingerprint density at radius 3 is 2.95 bits per heavy atom. The van der Waals surface area contributed by atoms with Gasteiger partial charge >= 0.3 is 0 Å². The number of hydrogen-bond donors (Lipinski definition) is 2. The van der Waals surface area contributed by atoms with Crippen molar-refractivity contribution in [2.75, 3.05) is 17.6 Å². The summed E-state index contributed by atoms with van der Waals surface area (Å²) >= 11 is 1.79. The Morgan fingerprint density at radius 2 is 2.11 bits per heavy atom. The Labute approximate surface area is 116 Å². The van der Waals surface area contributed by atoms with E-state index in [1.807, 2.05) is 24.3 Å². The Hall–Kier alpha value is -2.07. The number of nitrogens with two attached hydrogens (primary N) is 1. The van der Waals surface area contributed by atoms with Crippen LogP contribution in [0.25, 0.3) is 10.9 Å². The average Bonchev–Trinajstić information content (AvgIpc) is 2.95. The van der Waals surface area contributed by atoms with Gasteiger partial charge in [-0.3, -0.25) is 4.98 Å². The maximum absolute atomic E-state index is 5.96. The number of benzene rings is 1. The van der Waals surface area contributed by atoms with Crippen molar-refractivity contribution in [2.45, 2.75) is 6.42 Å². The Kier molecular flexibility index (Phi) is 3.33. The lowest BCUT2D eigenvalue weighted by atomic mass is 10.1. The van der Waals surface area contributed by atoms with Crippen LogP contribution in [-0.2, 0) is 6.42 Å². The number of nitrogen functional groups attached to an aromatic ring is 1. The second-order valence-electron chi connectivity index (χ2n) is 4.36. The average molecular weight is 269 g/mol. The Bertz CT molecular complexity index is 677. The van der Waals surface area contributed by atoms with Gasteiger partial charge in [0, 0.05) is 28.7 Å². The summed E-state index contributed by atoms with van der Waals surface area (Å²) in [4.78, 5) is 5.81. The molecule has 2 heterocycles. The van der Waals surface area contributed by atoms with Crippen LogP contribution in [0.3, 0.4) is 0 Å². The van der Waals surface area contributed by atoms with E-state index in [0.29, 0.717) is 0 Å². The van der Waals surface area contributed by atoms with E-state index < -0.39 is 0 Å². The van der Waals surface area contributed by atoms with E-state index in [-0.39, 0.29) is 0 Å². The molecule has 0 saturated heterocycles. The standard InChI is InChI=1S/C15H15N3S/c16-13-5-6-14(15-12(13)4-1-8-18-15)17-9-7-11-3-2-10-19-11/h1-6,8,10,17H,7,9,16H2. The van der Waals surface area contributed by atoms with Gasteiger partial charge in [-0.25, -0.2) is 0 Å². The molecule has 3 N–H and O–H groups in total. The summed E-state index contributed by atoms with van der Waals surface area (Å²) in [5, 5.41) is 6.55. The fourth-order valence-corrected chi connectivity index (χ4v) is 2.82. The molecule has 0 fully saturated rings. The molecule has 0 unspecified atom stereocenters. The fourth-order valence-electron chi connectivity index (χ4n) is 2.11. The predicted octanol–water partition coefficient (Wildman–Crippen LogP) is 3.53. The van der Waals surface area contributed by atoms with Crippen LogP contribution in [0.15, 0.2) is 48.0 Å². The van der Waals surface area contributed by atoms with Crippen molar-refractivity contribution in [2.24, 2.45) is 0 Å². The van der Waals surface area contributed by atoms with Gasteiger partial charge in [0.1, 0.15) is 0 Å². The molecule has 19 heavy (non-hydrogen) atoms. The third-order valence-corrected chi connectivity index (χ3v) is 4.01. The van der Waals surface area contributed by atoms with Crippen LogP contribution in [0.5, 0.6) is 0 Å². The fraction of sp³-hybridized carbons (Fsp3) is 0.133. The van der Waals surface area contributed by atoms with Gasteiger partial charge in [-0.05, 0) is 42.1 Å². The van der Waals surface area contributed by atoms with Gasteiger partial charge in [-0.15, -0.1) is 11.3 Å². The third kappa shape index (κ3) is 2.53. The third-order valence-electron chi connectivity index (χ3n) is 3.07. The minimum absolute atomic E-state index is 0.770. The minimum atomic E-state index is 0.770. The van der Waals surface area contributed by atoms with Gasteiger partial charge in [0.15, 0.2) is 0 Å². The summed E-state index contributed by atoms with van der Waals surface area (Å²) in [6.07, 6.45) is 2.82. The van der Waals surface area contributed by atoms with E-state index in [9.17, 15) is 0 Å². The van der Waals surface area contributed by atoms with Crippen molar-refractivity contribution in [1.82, 2.24) is 4.98 Å². The second-order valence-corrected chi connectivity index (χ2v) is 5.39. The zero-order valence-electron chi connectivity index (χ0n) is 10.5. The molecule has 0 aliphatic carbocycles. The second kappa shape index (κ2) is 5.28. The van der Waals surface area contributed by atoms with Crippen LogP contribution in [0.2, 0.25) is 0 Å². The van der Waals surface area contributed by atoms with E-state index in [1.54, 1.807) is 17.5 Å². The van der Waals surface area contributed by atoms with Crippen LogP contribution in [0.1, 0.15) is 4.88 Å². The highest BCUT2D eigenvalue weighted by Gasteiger charge is 2.04. The summed E-state index contributed by atoms with van der Waals surface area (Å²) in [6.45, 7) is 0.899. The van der Waals surface area contributed by atoms with E-state index >= 15 is 0 Å². The normalized spacial score (nSPS) is 10.7. The molecule has 0 radical (unpaired) electrons. The molecule has 3 nitrogen and oxygen atoms in total. The molecule has 1 aromatic carbocycles. The molecule has 0 saturated carbocycles. The quantitative estimate of drug-likeness (QED) is 0.712. The molecule has 0 spiro atoms. The lowest BCUT2D eigenvalue weighted by Crippen LogP contribution is -2.05. The first-order chi connectivity index (χ1) is 9.34. The molecule has 0 aliphatic rings. The first-order valence-electron chi connectivity index (χ1n) is 6.24. The van der Waals surface area contributed by atoms with Gasteiger partial charge in [0.25, 0.3) is 0 Å². The van der Waals surface area contributed by atoms with Crippen molar-refractivity contribution in [3.63, 3.8) is 0 Å². The van der Waals surface area contributed by atoms with Crippen LogP contribution >= 0.6 is 11.3 Å². The zero-order valence-corrected chi connectivity index (χ0v) is 11.3. The maximum atomic E-state index is 5.96. The smallest absolute Gasteiger partial charge is 0.0953 e. The van der Waals surface area contributed by atoms with Gasteiger partial charge in [0.2, 0.25) is 0 Å². The minimum Gasteiger partial charge on any atom is -0.398 e. The van der Waals surface area contributed by atoms with Crippen LogP contribution < -0.4 is 11.1 Å². The zero-order chi connectivity index (χ0) is 13.1. The number of fused-ring (bicyclic) bond motifs is 1. The highest BCUT2D eigenvalue weighted by atomic mass is 32.1. The van der Waals surface area contributed by atoms with Crippen LogP contribution in [-0.4, -0.2) is 11.5 Å². The molecule has 3 rings (SSSR count). The van der Waals surface area contributed by atoms with E-state index in [2.05, 4.69) is 27.8 Å². The SMILES string of the molecule is Nc1ccc(NCCc2cccs2)c2ncccc12. The van der Waals surface area contributed by atoms with Gasteiger partial charge < -0.3 is 11.1 Å². The van der Waals surface area contributed by atoms with Crippen molar-refractivity contribution >= 4 is 33.6 Å². The number of thiophene rings is 1. The molecule has 2 aromatic heterocycles. The first-order valence-corrected chi connectivity index (χ1v) is 7.12. The lowest BCUT2D eigenvalue weighted by Gasteiger charge is -2.10. The van der Waals surface area contributed by atoms with Crippen molar-refractivity contribution in [3.05, 3.63) is 52.9 Å². The van der Waals surface area contributed by atoms with Crippen molar-refractivity contribution in [1.29, 1.82) is 0 Å². The van der Waals surface area contributed by atoms with Gasteiger partial charge in [-0.1, -0.05) is 6.07 Å². The molecule has 0 atom stereocenters. The number of aromatic nitrogens is 1. The van der Waals surface area contributed by atoms with E-state index in [0.717, 1.165) is 35.2 Å². The van der Waals surface area contributed by atoms with Crippen LogP contribution in [0, 0.1) is 0 Å². The summed E-state index contributed by atoms with van der Waals surface area (Å²) < 4.78 is 0. The van der Waals surface area contributed by atoms with Crippen molar-refractivity contribution in [3.8, 4) is 0 Å². The molecule has 4 heteroatoms. The van der Waals surface area contributed by atoms with E-state index in [4.69, 9.17) is 5.73 Å². The van der Waals surface area contributed by atoms with Gasteiger partial charge in [-0.2, -0.15) is 0 Å². The monoisotopic (exact) mass is 269 g/mol. The number of rotatable bonds is 4. The first kappa shape index (κ1) is 12.0. The summed E-state index contributed by atoms with van der Waals surface area (Å²) in [5.41, 5.74) is 8.72. The highest BCUT2D eigenvalue weighted by Crippen LogP contribution is 2.26. The number of pyridine rings is 1. The Balaban J connectivity index is 1.79. The molecule has 96 valence electrons. The Morgan fingerprint density at radius 1 is 1.16 bits per heavy atom. The molecule has 3 aromatic rings. The maximum Gasteiger partial charge on any atom is 0.0953 e. The highest BCUT2D eigenvalue weighted by molar-refractivity contribution is 7.09. The largest absolute Gasteiger partial charge is 0.398 e. The molecular weight excluding hydrogens is 254 g/mol. The predicted molar refractivity (Wildman–Crippen MR) is 82.7 cm³/mol. The summed E-state index contributed by atoms with van der Waals surface area (Å²) in [6, 6.07) is 12.1. The van der Waals surface area contributed by atoms with Crippen molar-refractivity contribution < 1.29 is 0 Å². The number of hydrogen-bond acceptors (Lipinski definition) is 4. The number of anilines is 2. The summed E-state index contributed by atoms with van der Waals surface area (Å²) in [7, 11) is 0. The molecule has 0 bridgehead atoms. The van der Waals surface area contributed by atoms with Gasteiger partial charge in [0.05, 0.1) is 11.2 Å². The lowest BCUT2D eigenvalue weighted by molar-refractivity contribution is 1.05.